The quantitative estimate of drug-likeness (QED) is 0.766. The van der Waals surface area contributed by atoms with Gasteiger partial charge in [0.25, 0.3) is 5.91 Å². The maximum Gasteiger partial charge on any atom is 0.251 e. The van der Waals surface area contributed by atoms with Crippen LogP contribution in [0.15, 0.2) is 41.4 Å². The van der Waals surface area contributed by atoms with Crippen molar-refractivity contribution in [3.05, 3.63) is 58.4 Å². The van der Waals surface area contributed by atoms with Crippen molar-refractivity contribution in [2.45, 2.75) is 25.3 Å². The average molecular weight is 368 g/mol. The van der Waals surface area contributed by atoms with E-state index in [-0.39, 0.29) is 22.5 Å². The van der Waals surface area contributed by atoms with Gasteiger partial charge in [0, 0.05) is 24.8 Å². The molecule has 0 fully saturated rings. The number of sulfonamides is 1. The smallest absolute Gasteiger partial charge is 0.251 e. The highest BCUT2D eigenvalue weighted by atomic mass is 35.5. The Kier molecular flexibility index (Phi) is 5.93. The van der Waals surface area contributed by atoms with Gasteiger partial charge in [0.15, 0.2) is 0 Å². The van der Waals surface area contributed by atoms with E-state index in [2.05, 4.69) is 15.0 Å². The van der Waals surface area contributed by atoms with Crippen molar-refractivity contribution in [1.82, 2.24) is 15.0 Å². The predicted octanol–water partition coefficient (Wildman–Crippen LogP) is 2.27. The van der Waals surface area contributed by atoms with Crippen molar-refractivity contribution in [1.29, 1.82) is 0 Å². The van der Waals surface area contributed by atoms with E-state index in [1.807, 2.05) is 6.92 Å². The standard InChI is InChI=1S/C16H18ClN3O3S/c1-3-18-16(21)13-6-4-12(5-7-13)9-20-24(22,23)14-8-11(2)15(17)19-10-14/h4-8,10,20H,3,9H2,1-2H3,(H,18,21). The van der Waals surface area contributed by atoms with Crippen LogP contribution < -0.4 is 10.0 Å². The first-order valence-electron chi connectivity index (χ1n) is 7.32. The summed E-state index contributed by atoms with van der Waals surface area (Å²) in [5.74, 6) is -0.160. The number of hydrogen-bond acceptors (Lipinski definition) is 4. The van der Waals surface area contributed by atoms with Gasteiger partial charge in [-0.2, -0.15) is 0 Å². The van der Waals surface area contributed by atoms with E-state index in [4.69, 9.17) is 11.6 Å². The molecule has 2 N–H and O–H groups in total. The minimum Gasteiger partial charge on any atom is -0.352 e. The van der Waals surface area contributed by atoms with Gasteiger partial charge in [-0.15, -0.1) is 0 Å². The number of rotatable bonds is 6. The zero-order valence-corrected chi connectivity index (χ0v) is 14.9. The van der Waals surface area contributed by atoms with Crippen LogP contribution in [0.5, 0.6) is 0 Å². The van der Waals surface area contributed by atoms with Crippen molar-refractivity contribution >= 4 is 27.5 Å². The van der Waals surface area contributed by atoms with Crippen molar-refractivity contribution in [3.63, 3.8) is 0 Å². The van der Waals surface area contributed by atoms with E-state index in [0.717, 1.165) is 5.56 Å². The lowest BCUT2D eigenvalue weighted by Crippen LogP contribution is -2.24. The van der Waals surface area contributed by atoms with Gasteiger partial charge in [-0.25, -0.2) is 18.1 Å². The molecule has 0 aliphatic rings. The third-order valence-corrected chi connectivity index (χ3v) is 5.08. The molecule has 2 rings (SSSR count). The Bertz CT molecular complexity index is 836. The molecule has 8 heteroatoms. The summed E-state index contributed by atoms with van der Waals surface area (Å²) in [7, 11) is -3.68. The number of aryl methyl sites for hydroxylation is 1. The van der Waals surface area contributed by atoms with E-state index >= 15 is 0 Å². The van der Waals surface area contributed by atoms with Crippen molar-refractivity contribution in [2.24, 2.45) is 0 Å². The number of pyridine rings is 1. The van der Waals surface area contributed by atoms with E-state index < -0.39 is 10.0 Å². The summed E-state index contributed by atoms with van der Waals surface area (Å²) in [5, 5.41) is 2.97. The molecule has 1 heterocycles. The zero-order chi connectivity index (χ0) is 17.7. The fourth-order valence-corrected chi connectivity index (χ4v) is 3.13. The molecule has 0 spiro atoms. The molecule has 1 aromatic carbocycles. The van der Waals surface area contributed by atoms with Crippen LogP contribution in [-0.2, 0) is 16.6 Å². The number of benzene rings is 1. The van der Waals surface area contributed by atoms with Gasteiger partial charge in [0.1, 0.15) is 10.0 Å². The number of halogens is 1. The Hall–Kier alpha value is -1.96. The molecule has 1 amide bonds. The minimum atomic E-state index is -3.68. The van der Waals surface area contributed by atoms with Gasteiger partial charge in [-0.1, -0.05) is 23.7 Å². The highest BCUT2D eigenvalue weighted by Crippen LogP contribution is 2.16. The van der Waals surface area contributed by atoms with Gasteiger partial charge in [0.05, 0.1) is 0 Å². The number of nitrogens with zero attached hydrogens (tertiary/aromatic N) is 1. The van der Waals surface area contributed by atoms with E-state index in [1.165, 1.54) is 12.3 Å². The van der Waals surface area contributed by atoms with Crippen LogP contribution in [0.25, 0.3) is 0 Å². The van der Waals surface area contributed by atoms with Gasteiger partial charge in [-0.3, -0.25) is 4.79 Å². The largest absolute Gasteiger partial charge is 0.352 e. The van der Waals surface area contributed by atoms with Crippen molar-refractivity contribution in [3.8, 4) is 0 Å². The number of amides is 1. The zero-order valence-electron chi connectivity index (χ0n) is 13.3. The highest BCUT2D eigenvalue weighted by Gasteiger charge is 2.15. The normalized spacial score (nSPS) is 11.3. The number of carbonyl (C=O) groups excluding carboxylic acids is 1. The number of nitrogens with one attached hydrogen (secondary N) is 2. The highest BCUT2D eigenvalue weighted by molar-refractivity contribution is 7.89. The molecular weight excluding hydrogens is 350 g/mol. The summed E-state index contributed by atoms with van der Waals surface area (Å²) in [6, 6.07) is 8.19. The molecule has 0 radical (unpaired) electrons. The fraction of sp³-hybridized carbons (Fsp3) is 0.250. The Morgan fingerprint density at radius 3 is 2.50 bits per heavy atom. The molecule has 1 aromatic heterocycles. The van der Waals surface area contributed by atoms with E-state index in [9.17, 15) is 13.2 Å². The topological polar surface area (TPSA) is 88.2 Å². The summed E-state index contributed by atoms with van der Waals surface area (Å²) in [6.07, 6.45) is 1.22. The molecule has 24 heavy (non-hydrogen) atoms. The third kappa shape index (κ3) is 4.53. The molecule has 2 aromatic rings. The average Bonchev–Trinajstić information content (AvgIpc) is 2.56. The molecule has 128 valence electrons. The van der Waals surface area contributed by atoms with Crippen molar-refractivity contribution < 1.29 is 13.2 Å². The monoisotopic (exact) mass is 367 g/mol. The summed E-state index contributed by atoms with van der Waals surface area (Å²) in [4.78, 5) is 15.6. The van der Waals surface area contributed by atoms with Gasteiger partial charge in [0.2, 0.25) is 10.0 Å². The Morgan fingerprint density at radius 1 is 1.25 bits per heavy atom. The molecule has 6 nitrogen and oxygen atoms in total. The second-order valence-corrected chi connectivity index (χ2v) is 7.28. The number of hydrogen-bond donors (Lipinski definition) is 2. The van der Waals surface area contributed by atoms with Crippen LogP contribution in [0.4, 0.5) is 0 Å². The van der Waals surface area contributed by atoms with Crippen LogP contribution in [0.2, 0.25) is 5.15 Å². The summed E-state index contributed by atoms with van der Waals surface area (Å²) in [5.41, 5.74) is 1.86. The molecule has 0 bridgehead atoms. The third-order valence-electron chi connectivity index (χ3n) is 3.32. The maximum atomic E-state index is 12.3. The molecule has 0 unspecified atom stereocenters. The first-order valence-corrected chi connectivity index (χ1v) is 9.18. The molecule has 0 saturated heterocycles. The summed E-state index contributed by atoms with van der Waals surface area (Å²) in [6.45, 7) is 4.19. The lowest BCUT2D eigenvalue weighted by atomic mass is 10.1. The van der Waals surface area contributed by atoms with Gasteiger partial charge in [-0.05, 0) is 43.2 Å². The van der Waals surface area contributed by atoms with Crippen LogP contribution in [-0.4, -0.2) is 25.9 Å². The molecule has 0 saturated carbocycles. The van der Waals surface area contributed by atoms with E-state index in [1.54, 1.807) is 31.2 Å². The fourth-order valence-electron chi connectivity index (χ4n) is 1.98. The summed E-state index contributed by atoms with van der Waals surface area (Å²) >= 11 is 5.81. The van der Waals surface area contributed by atoms with Crippen LogP contribution in [0.3, 0.4) is 0 Å². The van der Waals surface area contributed by atoms with Gasteiger partial charge < -0.3 is 5.32 Å². The number of carbonyl (C=O) groups is 1. The SMILES string of the molecule is CCNC(=O)c1ccc(CNS(=O)(=O)c2cnc(Cl)c(C)c2)cc1. The lowest BCUT2D eigenvalue weighted by Gasteiger charge is -2.08. The first kappa shape index (κ1) is 18.4. The van der Waals surface area contributed by atoms with Crippen molar-refractivity contribution in [2.75, 3.05) is 6.54 Å². The molecule has 0 aliphatic heterocycles. The Morgan fingerprint density at radius 2 is 1.92 bits per heavy atom. The Labute approximate surface area is 146 Å². The van der Waals surface area contributed by atoms with Gasteiger partial charge >= 0.3 is 0 Å². The predicted molar refractivity (Wildman–Crippen MR) is 92.5 cm³/mol. The molecular formula is C16H18ClN3O3S. The van der Waals surface area contributed by atoms with Crippen LogP contribution >= 0.6 is 11.6 Å². The Balaban J connectivity index is 2.06. The minimum absolute atomic E-state index is 0.0587. The molecule has 0 atom stereocenters. The van der Waals surface area contributed by atoms with E-state index in [0.29, 0.717) is 17.7 Å². The van der Waals surface area contributed by atoms with Crippen LogP contribution in [0.1, 0.15) is 28.4 Å². The number of aromatic nitrogens is 1. The maximum absolute atomic E-state index is 12.3. The van der Waals surface area contributed by atoms with Crippen LogP contribution in [0, 0.1) is 6.92 Å². The lowest BCUT2D eigenvalue weighted by molar-refractivity contribution is 0.0956. The summed E-state index contributed by atoms with van der Waals surface area (Å²) < 4.78 is 27.0. The molecule has 0 aliphatic carbocycles. The second kappa shape index (κ2) is 7.74. The second-order valence-electron chi connectivity index (χ2n) is 5.16. The first-order chi connectivity index (χ1) is 11.3.